The summed E-state index contributed by atoms with van der Waals surface area (Å²) in [6.07, 6.45) is 4.63. The zero-order chi connectivity index (χ0) is 17.4. The molecule has 1 heterocycles. The molecule has 0 aliphatic carbocycles. The number of aliphatic hydroxyl groups excluding tert-OH is 1. The van der Waals surface area contributed by atoms with Crippen LogP contribution in [0.25, 0.3) is 6.08 Å². The van der Waals surface area contributed by atoms with E-state index in [0.29, 0.717) is 18.0 Å². The van der Waals surface area contributed by atoms with Gasteiger partial charge in [0.25, 0.3) is 0 Å². The molecule has 134 valence electrons. The molecule has 1 atom stereocenters. The Morgan fingerprint density at radius 2 is 2.04 bits per heavy atom. The molecule has 24 heavy (non-hydrogen) atoms. The van der Waals surface area contributed by atoms with Gasteiger partial charge in [0.05, 0.1) is 7.11 Å². The van der Waals surface area contributed by atoms with Crippen LogP contribution in [0, 0.1) is 0 Å². The van der Waals surface area contributed by atoms with Gasteiger partial charge in [0.15, 0.2) is 11.5 Å². The third kappa shape index (κ3) is 5.82. The highest BCUT2D eigenvalue weighted by Crippen LogP contribution is 2.28. The van der Waals surface area contributed by atoms with Crippen molar-refractivity contribution in [1.82, 2.24) is 9.80 Å². The van der Waals surface area contributed by atoms with Gasteiger partial charge in [-0.05, 0) is 51.2 Å². The average Bonchev–Trinajstić information content (AvgIpc) is 2.78. The van der Waals surface area contributed by atoms with Crippen molar-refractivity contribution in [1.29, 1.82) is 0 Å². The Labute approximate surface area is 145 Å². The highest BCUT2D eigenvalue weighted by atomic mass is 16.5. The predicted octanol–water partition coefficient (Wildman–Crippen LogP) is 2.11. The molecule has 2 rings (SSSR count). The first kappa shape index (κ1) is 18.8. The molecule has 0 bridgehead atoms. The summed E-state index contributed by atoms with van der Waals surface area (Å²) in [7, 11) is 3.78. The van der Waals surface area contributed by atoms with Gasteiger partial charge in [-0.25, -0.2) is 0 Å². The van der Waals surface area contributed by atoms with Crippen molar-refractivity contribution in [3.63, 3.8) is 0 Å². The number of nitrogens with zero attached hydrogens (tertiary/aromatic N) is 2. The highest BCUT2D eigenvalue weighted by molar-refractivity contribution is 5.55. The molecule has 1 fully saturated rings. The van der Waals surface area contributed by atoms with Crippen molar-refractivity contribution in [3.8, 4) is 11.5 Å². The molecule has 1 aromatic rings. The van der Waals surface area contributed by atoms with Gasteiger partial charge in [0.2, 0.25) is 0 Å². The zero-order valence-electron chi connectivity index (χ0n) is 15.1. The molecule has 1 saturated heterocycles. The van der Waals surface area contributed by atoms with E-state index in [1.165, 1.54) is 0 Å². The smallest absolute Gasteiger partial charge is 0.161 e. The molecule has 1 aliphatic heterocycles. The van der Waals surface area contributed by atoms with Crippen molar-refractivity contribution >= 4 is 6.08 Å². The number of ether oxygens (including phenoxy) is 2. The number of β-amino-alcohol motifs (C(OH)–C–C–N with tert-alkyl or cyclic N) is 1. The number of allylic oxidation sites excluding steroid dienone is 1. The Balaban J connectivity index is 1.85. The molecule has 5 nitrogen and oxygen atoms in total. The SMILES string of the molecule is C/C=C/c1ccc(OCC(O)CN2CCCN(C)CC2)c(OC)c1. The van der Waals surface area contributed by atoms with E-state index in [4.69, 9.17) is 9.47 Å². The van der Waals surface area contributed by atoms with Gasteiger partial charge in [0.1, 0.15) is 12.7 Å². The second-order valence-corrected chi connectivity index (χ2v) is 6.33. The van der Waals surface area contributed by atoms with E-state index >= 15 is 0 Å². The van der Waals surface area contributed by atoms with Crippen LogP contribution in [0.15, 0.2) is 24.3 Å². The molecule has 0 saturated carbocycles. The van der Waals surface area contributed by atoms with Crippen molar-refractivity contribution < 1.29 is 14.6 Å². The number of benzene rings is 1. The molecule has 1 aliphatic rings. The van der Waals surface area contributed by atoms with Crippen LogP contribution in [0.2, 0.25) is 0 Å². The summed E-state index contributed by atoms with van der Waals surface area (Å²) in [4.78, 5) is 4.64. The monoisotopic (exact) mass is 334 g/mol. The summed E-state index contributed by atoms with van der Waals surface area (Å²) in [5.41, 5.74) is 1.07. The minimum atomic E-state index is -0.506. The molecule has 1 aromatic carbocycles. The van der Waals surface area contributed by atoms with Gasteiger partial charge in [-0.3, -0.25) is 4.90 Å². The molecule has 0 aromatic heterocycles. The van der Waals surface area contributed by atoms with Crippen LogP contribution < -0.4 is 9.47 Å². The van der Waals surface area contributed by atoms with Gasteiger partial charge in [-0.2, -0.15) is 0 Å². The van der Waals surface area contributed by atoms with Gasteiger partial charge in [-0.15, -0.1) is 0 Å². The Kier molecular flexibility index (Phi) is 7.56. The standard InChI is InChI=1S/C19H30N2O3/c1-4-6-16-7-8-18(19(13-16)23-3)24-15-17(22)14-21-10-5-9-20(2)11-12-21/h4,6-8,13,17,22H,5,9-12,14-15H2,1-3H3/b6-4+. The summed E-state index contributed by atoms with van der Waals surface area (Å²) in [5, 5.41) is 10.3. The average molecular weight is 334 g/mol. The Hall–Kier alpha value is -1.56. The quantitative estimate of drug-likeness (QED) is 0.827. The highest BCUT2D eigenvalue weighted by Gasteiger charge is 2.16. The minimum Gasteiger partial charge on any atom is -0.493 e. The number of aliphatic hydroxyl groups is 1. The summed E-state index contributed by atoms with van der Waals surface area (Å²) in [6.45, 7) is 7.09. The number of rotatable bonds is 7. The van der Waals surface area contributed by atoms with Crippen LogP contribution in [-0.2, 0) is 0 Å². The summed E-state index contributed by atoms with van der Waals surface area (Å²) < 4.78 is 11.2. The van der Waals surface area contributed by atoms with Crippen LogP contribution in [0.5, 0.6) is 11.5 Å². The van der Waals surface area contributed by atoms with Crippen molar-refractivity contribution in [2.75, 3.05) is 53.5 Å². The lowest BCUT2D eigenvalue weighted by Gasteiger charge is -2.23. The van der Waals surface area contributed by atoms with E-state index in [9.17, 15) is 5.11 Å². The molecule has 1 N–H and O–H groups in total. The summed E-state index contributed by atoms with van der Waals surface area (Å²) in [5.74, 6) is 1.36. The Morgan fingerprint density at radius 3 is 2.79 bits per heavy atom. The fourth-order valence-electron chi connectivity index (χ4n) is 2.92. The molecular weight excluding hydrogens is 304 g/mol. The van der Waals surface area contributed by atoms with E-state index in [-0.39, 0.29) is 6.61 Å². The lowest BCUT2D eigenvalue weighted by atomic mass is 10.2. The second kappa shape index (κ2) is 9.67. The van der Waals surface area contributed by atoms with E-state index in [0.717, 1.165) is 38.2 Å². The van der Waals surface area contributed by atoms with Crippen LogP contribution in [0.3, 0.4) is 0 Å². The van der Waals surface area contributed by atoms with Gasteiger partial charge >= 0.3 is 0 Å². The van der Waals surface area contributed by atoms with Gasteiger partial charge in [0, 0.05) is 19.6 Å². The van der Waals surface area contributed by atoms with Gasteiger partial charge in [-0.1, -0.05) is 18.2 Å². The Bertz CT molecular complexity index is 533. The van der Waals surface area contributed by atoms with Crippen LogP contribution in [0.4, 0.5) is 0 Å². The molecule has 0 radical (unpaired) electrons. The summed E-state index contributed by atoms with van der Waals surface area (Å²) in [6, 6.07) is 5.81. The normalized spacial score (nSPS) is 18.5. The third-order valence-corrected chi connectivity index (χ3v) is 4.26. The van der Waals surface area contributed by atoms with E-state index in [2.05, 4.69) is 16.8 Å². The maximum absolute atomic E-state index is 10.3. The molecule has 5 heteroatoms. The topological polar surface area (TPSA) is 45.2 Å². The summed E-state index contributed by atoms with van der Waals surface area (Å²) >= 11 is 0. The lowest BCUT2D eigenvalue weighted by molar-refractivity contribution is 0.0686. The number of hydrogen-bond acceptors (Lipinski definition) is 5. The van der Waals surface area contributed by atoms with Crippen molar-refractivity contribution in [2.45, 2.75) is 19.4 Å². The molecule has 0 spiro atoms. The lowest BCUT2D eigenvalue weighted by Crippen LogP contribution is -2.37. The first-order chi connectivity index (χ1) is 11.6. The van der Waals surface area contributed by atoms with E-state index < -0.39 is 6.10 Å². The zero-order valence-corrected chi connectivity index (χ0v) is 15.1. The number of likely N-dealkylation sites (N-methyl/N-ethyl adjacent to an activating group) is 1. The fraction of sp³-hybridized carbons (Fsp3) is 0.579. The first-order valence-electron chi connectivity index (χ1n) is 8.65. The number of hydrogen-bond donors (Lipinski definition) is 1. The maximum atomic E-state index is 10.3. The predicted molar refractivity (Wildman–Crippen MR) is 97.8 cm³/mol. The van der Waals surface area contributed by atoms with Gasteiger partial charge < -0.3 is 19.5 Å². The van der Waals surface area contributed by atoms with Crippen LogP contribution in [-0.4, -0.2) is 74.5 Å². The van der Waals surface area contributed by atoms with Crippen LogP contribution >= 0.6 is 0 Å². The fourth-order valence-corrected chi connectivity index (χ4v) is 2.92. The van der Waals surface area contributed by atoms with Crippen LogP contribution in [0.1, 0.15) is 18.9 Å². The first-order valence-corrected chi connectivity index (χ1v) is 8.65. The maximum Gasteiger partial charge on any atom is 0.161 e. The third-order valence-electron chi connectivity index (χ3n) is 4.26. The number of methoxy groups -OCH3 is 1. The largest absolute Gasteiger partial charge is 0.493 e. The molecule has 0 amide bonds. The Morgan fingerprint density at radius 1 is 1.21 bits per heavy atom. The van der Waals surface area contributed by atoms with Crippen molar-refractivity contribution in [3.05, 3.63) is 29.8 Å². The van der Waals surface area contributed by atoms with Crippen molar-refractivity contribution in [2.24, 2.45) is 0 Å². The second-order valence-electron chi connectivity index (χ2n) is 6.33. The minimum absolute atomic E-state index is 0.270. The molecule has 1 unspecified atom stereocenters. The van der Waals surface area contributed by atoms with E-state index in [1.54, 1.807) is 7.11 Å². The molecular formula is C19H30N2O3. The van der Waals surface area contributed by atoms with E-state index in [1.807, 2.05) is 37.3 Å².